The zero-order chi connectivity index (χ0) is 31.4. The van der Waals surface area contributed by atoms with E-state index in [0.717, 1.165) is 12.8 Å². The van der Waals surface area contributed by atoms with Crippen LogP contribution in [0, 0.1) is 18.7 Å². The number of ether oxygens (including phenoxy) is 3. The Bertz CT molecular complexity index is 1200. The Balaban J connectivity index is 2.79. The Labute approximate surface area is 255 Å². The van der Waals surface area contributed by atoms with Crippen molar-refractivity contribution in [1.29, 1.82) is 0 Å². The number of esters is 1. The molecular weight excluding hydrogens is 559 g/mol. The number of carbonyl (C=O) groups is 2. The summed E-state index contributed by atoms with van der Waals surface area (Å²) in [5.41, 5.74) is -0.690. The maximum atomic E-state index is 16.5. The standard InChI is InChI=1S/C33H46ClFN2O5/c1-9-11-18-40-30-27(31(38)41-25-15-13-12-14-16-25)23(5)28(35)26(29(30)36-32(39)42-33(6,7)8)21-37(17-10-2)24(20-34)19-22(3)4/h10,12-16,22,24H,2,9,11,17-21H2,1,3-8H3,(H,36,39)/t24-/m1/s1. The average molecular weight is 605 g/mol. The number of rotatable bonds is 15. The third-order valence-electron chi connectivity index (χ3n) is 6.42. The molecule has 7 nitrogen and oxygen atoms in total. The van der Waals surface area contributed by atoms with Crippen LogP contribution < -0.4 is 14.8 Å². The van der Waals surface area contributed by atoms with Gasteiger partial charge in [0.05, 0.1) is 12.3 Å². The van der Waals surface area contributed by atoms with E-state index in [-0.39, 0.29) is 47.3 Å². The van der Waals surface area contributed by atoms with Gasteiger partial charge in [0.15, 0.2) is 5.75 Å². The number of nitrogens with one attached hydrogen (secondary N) is 1. The highest BCUT2D eigenvalue weighted by atomic mass is 35.5. The number of carbonyl (C=O) groups excluding carboxylic acids is 2. The molecule has 0 saturated heterocycles. The molecule has 0 bridgehead atoms. The topological polar surface area (TPSA) is 77.1 Å². The molecule has 2 aromatic carbocycles. The van der Waals surface area contributed by atoms with E-state index in [0.29, 0.717) is 30.5 Å². The second-order valence-electron chi connectivity index (χ2n) is 11.7. The molecule has 1 atom stereocenters. The van der Waals surface area contributed by atoms with Crippen molar-refractivity contribution in [3.8, 4) is 11.5 Å². The molecule has 0 aliphatic carbocycles. The van der Waals surface area contributed by atoms with Crippen molar-refractivity contribution in [2.45, 2.75) is 85.9 Å². The molecular formula is C33H46ClFN2O5. The molecule has 0 unspecified atom stereocenters. The van der Waals surface area contributed by atoms with E-state index in [2.05, 4.69) is 25.7 Å². The van der Waals surface area contributed by atoms with Crippen LogP contribution >= 0.6 is 11.6 Å². The minimum absolute atomic E-state index is 0.0235. The van der Waals surface area contributed by atoms with Crippen molar-refractivity contribution in [3.05, 3.63) is 65.5 Å². The Hall–Kier alpha value is -3.10. The van der Waals surface area contributed by atoms with Crippen LogP contribution in [-0.4, -0.2) is 47.6 Å². The van der Waals surface area contributed by atoms with E-state index in [1.165, 1.54) is 6.92 Å². The molecule has 0 spiro atoms. The summed E-state index contributed by atoms with van der Waals surface area (Å²) < 4.78 is 33.8. The molecule has 0 saturated carbocycles. The molecule has 0 aliphatic heterocycles. The SMILES string of the molecule is C=CCN(Cc1c(F)c(C)c(C(=O)Oc2ccccc2)c(OCCCC)c1NC(=O)OC(C)(C)C)[C@@H](CCl)CC(C)C. The molecule has 0 radical (unpaired) electrons. The Morgan fingerprint density at radius 1 is 1.19 bits per heavy atom. The van der Waals surface area contributed by atoms with Crippen LogP contribution in [0.2, 0.25) is 0 Å². The van der Waals surface area contributed by atoms with Crippen molar-refractivity contribution in [1.82, 2.24) is 4.90 Å². The number of benzene rings is 2. The summed E-state index contributed by atoms with van der Waals surface area (Å²) in [4.78, 5) is 28.7. The van der Waals surface area contributed by atoms with Crippen molar-refractivity contribution >= 4 is 29.4 Å². The van der Waals surface area contributed by atoms with E-state index < -0.39 is 23.5 Å². The van der Waals surface area contributed by atoms with Gasteiger partial charge in [-0.3, -0.25) is 10.2 Å². The van der Waals surface area contributed by atoms with Crippen molar-refractivity contribution in [3.63, 3.8) is 0 Å². The van der Waals surface area contributed by atoms with E-state index >= 15 is 4.39 Å². The molecule has 0 heterocycles. The zero-order valence-corrected chi connectivity index (χ0v) is 26.8. The van der Waals surface area contributed by atoms with Crippen LogP contribution in [-0.2, 0) is 11.3 Å². The lowest BCUT2D eigenvalue weighted by Crippen LogP contribution is -2.38. The molecule has 9 heteroatoms. The van der Waals surface area contributed by atoms with Gasteiger partial charge in [0.25, 0.3) is 0 Å². The first-order valence-electron chi connectivity index (χ1n) is 14.5. The largest absolute Gasteiger partial charge is 0.490 e. The lowest BCUT2D eigenvalue weighted by molar-refractivity contribution is 0.0632. The van der Waals surface area contributed by atoms with Gasteiger partial charge in [0, 0.05) is 36.1 Å². The highest BCUT2D eigenvalue weighted by molar-refractivity contribution is 6.18. The predicted molar refractivity (Wildman–Crippen MR) is 167 cm³/mol. The molecule has 1 amide bonds. The molecule has 2 rings (SSSR count). The highest BCUT2D eigenvalue weighted by Gasteiger charge is 2.32. The predicted octanol–water partition coefficient (Wildman–Crippen LogP) is 8.52. The number of hydrogen-bond acceptors (Lipinski definition) is 6. The summed E-state index contributed by atoms with van der Waals surface area (Å²) in [6.07, 6.45) is 3.20. The minimum atomic E-state index is -0.818. The quantitative estimate of drug-likeness (QED) is 0.0722. The number of halogens is 2. The number of nitrogens with zero attached hydrogens (tertiary/aromatic N) is 1. The van der Waals surface area contributed by atoms with Crippen molar-refractivity contribution in [2.24, 2.45) is 5.92 Å². The number of alkyl halides is 1. The molecule has 42 heavy (non-hydrogen) atoms. The first kappa shape index (κ1) is 35.1. The number of para-hydroxylation sites is 1. The fraction of sp³-hybridized carbons (Fsp3) is 0.515. The normalized spacial score (nSPS) is 12.3. The van der Waals surface area contributed by atoms with E-state index in [4.69, 9.17) is 25.8 Å². The number of anilines is 1. The van der Waals surface area contributed by atoms with Gasteiger partial charge in [-0.15, -0.1) is 18.2 Å². The van der Waals surface area contributed by atoms with Crippen LogP contribution in [0.5, 0.6) is 11.5 Å². The van der Waals surface area contributed by atoms with Crippen LogP contribution in [0.1, 0.15) is 82.3 Å². The van der Waals surface area contributed by atoms with Crippen LogP contribution in [0.3, 0.4) is 0 Å². The fourth-order valence-electron chi connectivity index (χ4n) is 4.49. The number of hydrogen-bond donors (Lipinski definition) is 1. The summed E-state index contributed by atoms with van der Waals surface area (Å²) in [6, 6.07) is 8.41. The highest BCUT2D eigenvalue weighted by Crippen LogP contribution is 2.40. The minimum Gasteiger partial charge on any atom is -0.490 e. The van der Waals surface area contributed by atoms with Crippen molar-refractivity contribution < 1.29 is 28.2 Å². The van der Waals surface area contributed by atoms with Gasteiger partial charge in [-0.05, 0) is 58.6 Å². The third kappa shape index (κ3) is 10.3. The molecule has 2 aromatic rings. The fourth-order valence-corrected chi connectivity index (χ4v) is 4.81. The van der Waals surface area contributed by atoms with Gasteiger partial charge in [-0.2, -0.15) is 0 Å². The lowest BCUT2D eigenvalue weighted by atomic mass is 9.97. The first-order valence-corrected chi connectivity index (χ1v) is 15.0. The second kappa shape index (κ2) is 16.5. The van der Waals surface area contributed by atoms with Gasteiger partial charge in [-0.1, -0.05) is 51.5 Å². The summed E-state index contributed by atoms with van der Waals surface area (Å²) in [5.74, 6) is -0.462. The third-order valence-corrected chi connectivity index (χ3v) is 6.77. The molecule has 0 fully saturated rings. The Morgan fingerprint density at radius 2 is 1.86 bits per heavy atom. The smallest absolute Gasteiger partial charge is 0.412 e. The Kier molecular flexibility index (Phi) is 13.8. The molecule has 1 N–H and O–H groups in total. The average Bonchev–Trinajstić information content (AvgIpc) is 2.91. The molecule has 232 valence electrons. The van der Waals surface area contributed by atoms with Gasteiger partial charge >= 0.3 is 12.1 Å². The Morgan fingerprint density at radius 3 is 2.40 bits per heavy atom. The summed E-state index contributed by atoms with van der Waals surface area (Å²) >= 11 is 6.39. The van der Waals surface area contributed by atoms with E-state index in [1.807, 2.05) is 11.8 Å². The summed E-state index contributed by atoms with van der Waals surface area (Å²) in [6.45, 7) is 17.5. The zero-order valence-electron chi connectivity index (χ0n) is 26.0. The van der Waals surface area contributed by atoms with Gasteiger partial charge in [-0.25, -0.2) is 14.0 Å². The molecule has 0 aliphatic rings. The van der Waals surface area contributed by atoms with Crippen LogP contribution in [0.25, 0.3) is 0 Å². The van der Waals surface area contributed by atoms with E-state index in [9.17, 15) is 9.59 Å². The van der Waals surface area contributed by atoms with E-state index in [1.54, 1.807) is 57.2 Å². The van der Waals surface area contributed by atoms with Crippen LogP contribution in [0.4, 0.5) is 14.9 Å². The monoisotopic (exact) mass is 604 g/mol. The maximum absolute atomic E-state index is 16.5. The van der Waals surface area contributed by atoms with Gasteiger partial charge < -0.3 is 14.2 Å². The second-order valence-corrected chi connectivity index (χ2v) is 12.0. The lowest BCUT2D eigenvalue weighted by Gasteiger charge is -2.32. The number of amides is 1. The van der Waals surface area contributed by atoms with Gasteiger partial charge in [0.2, 0.25) is 0 Å². The van der Waals surface area contributed by atoms with Crippen LogP contribution in [0.15, 0.2) is 43.0 Å². The maximum Gasteiger partial charge on any atom is 0.412 e. The molecule has 0 aromatic heterocycles. The summed E-state index contributed by atoms with van der Waals surface area (Å²) in [7, 11) is 0. The number of unbranched alkanes of at least 4 members (excludes halogenated alkanes) is 1. The van der Waals surface area contributed by atoms with Crippen molar-refractivity contribution in [2.75, 3.05) is 24.3 Å². The van der Waals surface area contributed by atoms with Gasteiger partial charge in [0.1, 0.15) is 22.7 Å². The summed E-state index contributed by atoms with van der Waals surface area (Å²) in [5, 5.41) is 2.72. The first-order chi connectivity index (χ1) is 19.8.